The smallest absolute Gasteiger partial charge is 0.222 e. The number of nitrogens with zero attached hydrogens (tertiary/aromatic N) is 2. The first kappa shape index (κ1) is 16.0. The van der Waals surface area contributed by atoms with Crippen LogP contribution in [0, 0.1) is 11.8 Å². The van der Waals surface area contributed by atoms with Gasteiger partial charge in [-0.1, -0.05) is 44.2 Å². The lowest BCUT2D eigenvalue weighted by atomic mass is 10.1. The third-order valence-corrected chi connectivity index (χ3v) is 4.16. The van der Waals surface area contributed by atoms with Crippen LogP contribution in [0.5, 0.6) is 0 Å². The average molecular weight is 288 g/mol. The van der Waals surface area contributed by atoms with Crippen LogP contribution in [0.3, 0.4) is 0 Å². The van der Waals surface area contributed by atoms with Crippen molar-refractivity contribution in [3.63, 3.8) is 0 Å². The maximum Gasteiger partial charge on any atom is 0.222 e. The highest BCUT2D eigenvalue weighted by Gasteiger charge is 2.24. The molecule has 1 unspecified atom stereocenters. The highest BCUT2D eigenvalue weighted by Crippen LogP contribution is 2.20. The number of hydrogen-bond acceptors (Lipinski definition) is 2. The predicted molar refractivity (Wildman–Crippen MR) is 86.9 cm³/mol. The SMILES string of the molecule is CC(C)CC(=O)N(C)CC1CCN(Cc2ccccc2)C1. The zero-order chi connectivity index (χ0) is 15.2. The van der Waals surface area contributed by atoms with Gasteiger partial charge in [-0.25, -0.2) is 0 Å². The van der Waals surface area contributed by atoms with E-state index in [4.69, 9.17) is 0 Å². The van der Waals surface area contributed by atoms with Crippen LogP contribution in [0.2, 0.25) is 0 Å². The van der Waals surface area contributed by atoms with Gasteiger partial charge in [-0.2, -0.15) is 0 Å². The first-order chi connectivity index (χ1) is 10.0. The second kappa shape index (κ2) is 7.60. The lowest BCUT2D eigenvalue weighted by Crippen LogP contribution is -2.33. The molecule has 2 rings (SSSR count). The summed E-state index contributed by atoms with van der Waals surface area (Å²) in [6.45, 7) is 8.38. The minimum Gasteiger partial charge on any atom is -0.345 e. The molecule has 1 saturated heterocycles. The van der Waals surface area contributed by atoms with Gasteiger partial charge >= 0.3 is 0 Å². The van der Waals surface area contributed by atoms with E-state index in [1.54, 1.807) is 0 Å². The highest BCUT2D eigenvalue weighted by atomic mass is 16.2. The van der Waals surface area contributed by atoms with Crippen LogP contribution in [-0.2, 0) is 11.3 Å². The number of likely N-dealkylation sites (tertiary alicyclic amines) is 1. The first-order valence-electron chi connectivity index (χ1n) is 8.05. The van der Waals surface area contributed by atoms with Crippen molar-refractivity contribution in [1.82, 2.24) is 9.80 Å². The number of hydrogen-bond donors (Lipinski definition) is 0. The van der Waals surface area contributed by atoms with E-state index in [0.29, 0.717) is 18.3 Å². The Kier molecular flexibility index (Phi) is 5.80. The van der Waals surface area contributed by atoms with Gasteiger partial charge in [0.1, 0.15) is 0 Å². The lowest BCUT2D eigenvalue weighted by molar-refractivity contribution is -0.131. The summed E-state index contributed by atoms with van der Waals surface area (Å²) in [4.78, 5) is 16.5. The molecule has 0 N–H and O–H groups in total. The molecule has 0 radical (unpaired) electrons. The van der Waals surface area contributed by atoms with E-state index in [1.165, 1.54) is 12.0 Å². The molecule has 1 amide bonds. The highest BCUT2D eigenvalue weighted by molar-refractivity contribution is 5.76. The van der Waals surface area contributed by atoms with Gasteiger partial charge in [0.2, 0.25) is 5.91 Å². The summed E-state index contributed by atoms with van der Waals surface area (Å²) in [5, 5.41) is 0. The molecule has 0 saturated carbocycles. The monoisotopic (exact) mass is 288 g/mol. The van der Waals surface area contributed by atoms with Crippen molar-refractivity contribution in [3.8, 4) is 0 Å². The zero-order valence-corrected chi connectivity index (χ0v) is 13.6. The number of rotatable bonds is 6. The first-order valence-corrected chi connectivity index (χ1v) is 8.05. The van der Waals surface area contributed by atoms with Gasteiger partial charge in [0, 0.05) is 33.1 Å². The van der Waals surface area contributed by atoms with Crippen LogP contribution in [0.1, 0.15) is 32.3 Å². The minimum absolute atomic E-state index is 0.284. The molecule has 1 aromatic carbocycles. The number of benzene rings is 1. The summed E-state index contributed by atoms with van der Waals surface area (Å²) in [5.74, 6) is 1.35. The fraction of sp³-hybridized carbons (Fsp3) is 0.611. The maximum atomic E-state index is 12.0. The topological polar surface area (TPSA) is 23.6 Å². The molecule has 1 aromatic rings. The van der Waals surface area contributed by atoms with Crippen LogP contribution in [0.15, 0.2) is 30.3 Å². The Balaban J connectivity index is 1.76. The van der Waals surface area contributed by atoms with Gasteiger partial charge in [0.05, 0.1) is 0 Å². The molecular weight excluding hydrogens is 260 g/mol. The van der Waals surface area contributed by atoms with E-state index in [0.717, 1.165) is 26.2 Å². The average Bonchev–Trinajstić information content (AvgIpc) is 2.86. The third-order valence-electron chi connectivity index (χ3n) is 4.16. The van der Waals surface area contributed by atoms with Crippen LogP contribution >= 0.6 is 0 Å². The number of carbonyl (C=O) groups is 1. The van der Waals surface area contributed by atoms with E-state index in [2.05, 4.69) is 49.1 Å². The Bertz CT molecular complexity index is 444. The Hall–Kier alpha value is -1.35. The zero-order valence-electron chi connectivity index (χ0n) is 13.6. The Labute approximate surface area is 128 Å². The van der Waals surface area contributed by atoms with Crippen LogP contribution in [-0.4, -0.2) is 42.4 Å². The molecule has 1 atom stereocenters. The molecule has 0 spiro atoms. The molecule has 1 heterocycles. The third kappa shape index (κ3) is 5.16. The van der Waals surface area contributed by atoms with Crippen molar-refractivity contribution in [2.24, 2.45) is 11.8 Å². The Morgan fingerprint density at radius 3 is 2.71 bits per heavy atom. The van der Waals surface area contributed by atoms with Crippen LogP contribution in [0.25, 0.3) is 0 Å². The van der Waals surface area contributed by atoms with E-state index in [-0.39, 0.29) is 5.91 Å². The second-order valence-electron chi connectivity index (χ2n) is 6.75. The molecule has 0 aromatic heterocycles. The van der Waals surface area contributed by atoms with Crippen LogP contribution in [0.4, 0.5) is 0 Å². The quantitative estimate of drug-likeness (QED) is 0.803. The Morgan fingerprint density at radius 1 is 1.33 bits per heavy atom. The molecule has 1 fully saturated rings. The summed E-state index contributed by atoms with van der Waals surface area (Å²) in [6.07, 6.45) is 1.86. The second-order valence-corrected chi connectivity index (χ2v) is 6.75. The fourth-order valence-corrected chi connectivity index (χ4v) is 3.04. The van der Waals surface area contributed by atoms with Gasteiger partial charge in [0.25, 0.3) is 0 Å². The van der Waals surface area contributed by atoms with E-state index >= 15 is 0 Å². The standard InChI is InChI=1S/C18H28N2O/c1-15(2)11-18(21)19(3)12-17-9-10-20(14-17)13-16-7-5-4-6-8-16/h4-8,15,17H,9-14H2,1-3H3. The number of amides is 1. The summed E-state index contributed by atoms with van der Waals surface area (Å²) in [5.41, 5.74) is 1.38. The van der Waals surface area contributed by atoms with Crippen LogP contribution < -0.4 is 0 Å². The summed E-state index contributed by atoms with van der Waals surface area (Å²) >= 11 is 0. The molecule has 0 aliphatic carbocycles. The molecule has 1 aliphatic rings. The summed E-state index contributed by atoms with van der Waals surface area (Å²) in [7, 11) is 1.95. The van der Waals surface area contributed by atoms with Gasteiger partial charge in [-0.3, -0.25) is 9.69 Å². The van der Waals surface area contributed by atoms with E-state index < -0.39 is 0 Å². The molecule has 3 nitrogen and oxygen atoms in total. The van der Waals surface area contributed by atoms with Gasteiger partial charge in [0.15, 0.2) is 0 Å². The lowest BCUT2D eigenvalue weighted by Gasteiger charge is -2.22. The predicted octanol–water partition coefficient (Wildman–Crippen LogP) is 3.01. The van der Waals surface area contributed by atoms with Crippen molar-refractivity contribution in [1.29, 1.82) is 0 Å². The van der Waals surface area contributed by atoms with Gasteiger partial charge in [-0.05, 0) is 30.4 Å². The van der Waals surface area contributed by atoms with Crippen molar-refractivity contribution in [2.75, 3.05) is 26.7 Å². The Morgan fingerprint density at radius 2 is 2.05 bits per heavy atom. The van der Waals surface area contributed by atoms with Gasteiger partial charge < -0.3 is 4.90 Å². The molecular formula is C18H28N2O. The molecule has 0 bridgehead atoms. The van der Waals surface area contributed by atoms with Gasteiger partial charge in [-0.15, -0.1) is 0 Å². The molecule has 1 aliphatic heterocycles. The fourth-order valence-electron chi connectivity index (χ4n) is 3.04. The van der Waals surface area contributed by atoms with Crippen molar-refractivity contribution < 1.29 is 4.79 Å². The summed E-state index contributed by atoms with van der Waals surface area (Å²) in [6, 6.07) is 10.6. The van der Waals surface area contributed by atoms with E-state index in [1.807, 2.05) is 11.9 Å². The van der Waals surface area contributed by atoms with Crippen molar-refractivity contribution in [3.05, 3.63) is 35.9 Å². The molecule has 21 heavy (non-hydrogen) atoms. The molecule has 116 valence electrons. The maximum absolute atomic E-state index is 12.0. The normalized spacial score (nSPS) is 19.1. The summed E-state index contributed by atoms with van der Waals surface area (Å²) < 4.78 is 0. The molecule has 3 heteroatoms. The minimum atomic E-state index is 0.284. The van der Waals surface area contributed by atoms with Crippen molar-refractivity contribution >= 4 is 5.91 Å². The number of carbonyl (C=O) groups excluding carboxylic acids is 1. The van der Waals surface area contributed by atoms with E-state index in [9.17, 15) is 4.79 Å². The largest absolute Gasteiger partial charge is 0.345 e. The van der Waals surface area contributed by atoms with Crippen molar-refractivity contribution in [2.45, 2.75) is 33.2 Å².